The van der Waals surface area contributed by atoms with Crippen molar-refractivity contribution in [1.29, 1.82) is 0 Å². The van der Waals surface area contributed by atoms with Gasteiger partial charge in [0.2, 0.25) is 0 Å². The normalized spacial score (nSPS) is 16.9. The van der Waals surface area contributed by atoms with Crippen LogP contribution in [-0.4, -0.2) is 34.6 Å². The molecule has 0 atom stereocenters. The summed E-state index contributed by atoms with van der Waals surface area (Å²) >= 11 is 0. The molecule has 2 N–H and O–H groups in total. The molecule has 5 rings (SSSR count). The Morgan fingerprint density at radius 1 is 1.00 bits per heavy atom. The summed E-state index contributed by atoms with van der Waals surface area (Å²) in [5, 5.41) is 10.6. The van der Waals surface area contributed by atoms with Crippen LogP contribution < -0.4 is 0 Å². The fourth-order valence-electron chi connectivity index (χ4n) is 5.14. The summed E-state index contributed by atoms with van der Waals surface area (Å²) in [6.45, 7) is 3.67. The van der Waals surface area contributed by atoms with Gasteiger partial charge in [0.25, 0.3) is 0 Å². The van der Waals surface area contributed by atoms with Gasteiger partial charge in [-0.25, -0.2) is 0 Å². The second-order valence-electron chi connectivity index (χ2n) is 8.57. The van der Waals surface area contributed by atoms with Gasteiger partial charge in [0.1, 0.15) is 0 Å². The number of nitrogens with zero attached hydrogens (tertiary/aromatic N) is 1. The van der Waals surface area contributed by atoms with Crippen LogP contribution in [0.25, 0.3) is 16.5 Å². The first-order valence-corrected chi connectivity index (χ1v) is 11.0. The molecule has 0 fully saturated rings. The van der Waals surface area contributed by atoms with E-state index in [-0.39, 0.29) is 6.61 Å². The molecule has 3 nitrogen and oxygen atoms in total. The Bertz CT molecular complexity index is 1050. The minimum absolute atomic E-state index is 0.101. The van der Waals surface area contributed by atoms with E-state index in [1.54, 1.807) is 16.7 Å². The molecule has 3 aromatic rings. The van der Waals surface area contributed by atoms with Gasteiger partial charge < -0.3 is 10.1 Å². The number of hydrogen-bond acceptors (Lipinski definition) is 2. The lowest BCUT2D eigenvalue weighted by atomic mass is 9.82. The van der Waals surface area contributed by atoms with Gasteiger partial charge in [-0.2, -0.15) is 0 Å². The van der Waals surface area contributed by atoms with E-state index in [9.17, 15) is 5.11 Å². The Morgan fingerprint density at radius 2 is 1.93 bits per heavy atom. The minimum atomic E-state index is 0.101. The van der Waals surface area contributed by atoms with Crippen molar-refractivity contribution in [3.63, 3.8) is 0 Å². The number of benzene rings is 2. The second-order valence-corrected chi connectivity index (χ2v) is 8.57. The highest BCUT2D eigenvalue weighted by molar-refractivity contribution is 5.83. The van der Waals surface area contributed by atoms with Crippen LogP contribution in [0, 0.1) is 0 Å². The summed E-state index contributed by atoms with van der Waals surface area (Å²) in [6.07, 6.45) is 9.40. The lowest BCUT2D eigenvalue weighted by Gasteiger charge is -2.34. The van der Waals surface area contributed by atoms with E-state index in [0.717, 1.165) is 17.5 Å². The molecule has 2 heterocycles. The van der Waals surface area contributed by atoms with E-state index in [4.69, 9.17) is 0 Å². The standard InChI is InChI=1S/C26H30N2O/c29-18-19-8-11-25-21(16-27-26(25)15-19)6-3-4-13-28-14-12-24-22(17-28)10-9-20-5-1-2-7-23(20)24/h1-2,5,7-8,11,15-16,27,29H,3-4,6,9-10,12-14,17-18H2. The number of aliphatic hydroxyl groups excluding tert-OH is 1. The molecule has 2 aliphatic rings. The van der Waals surface area contributed by atoms with Crippen molar-refractivity contribution < 1.29 is 5.11 Å². The van der Waals surface area contributed by atoms with Crippen molar-refractivity contribution in [3.05, 3.63) is 76.5 Å². The van der Waals surface area contributed by atoms with Crippen LogP contribution in [0.15, 0.2) is 54.2 Å². The molecular weight excluding hydrogens is 356 g/mol. The highest BCUT2D eigenvalue weighted by atomic mass is 16.3. The number of nitrogens with one attached hydrogen (secondary N) is 1. The van der Waals surface area contributed by atoms with Crippen molar-refractivity contribution >= 4 is 16.5 Å². The molecule has 1 aromatic heterocycles. The first-order chi connectivity index (χ1) is 14.3. The molecule has 0 radical (unpaired) electrons. The molecule has 0 unspecified atom stereocenters. The number of unbranched alkanes of at least 4 members (excludes halogenated alkanes) is 1. The third kappa shape index (κ3) is 3.77. The summed E-state index contributed by atoms with van der Waals surface area (Å²) in [5.74, 6) is 0. The smallest absolute Gasteiger partial charge is 0.0682 e. The SMILES string of the molecule is OCc1ccc2c(CCCCN3CCC4=C(CCc5ccccc54)C3)c[nH]c2c1. The molecule has 2 aromatic carbocycles. The summed E-state index contributed by atoms with van der Waals surface area (Å²) in [4.78, 5) is 6.03. The molecule has 0 saturated heterocycles. The first kappa shape index (κ1) is 18.7. The monoisotopic (exact) mass is 386 g/mol. The third-order valence-corrected chi connectivity index (χ3v) is 6.74. The molecular formula is C26H30N2O. The van der Waals surface area contributed by atoms with Crippen LogP contribution in [0.4, 0.5) is 0 Å². The molecule has 1 aliphatic carbocycles. The average Bonchev–Trinajstić information content (AvgIpc) is 3.18. The van der Waals surface area contributed by atoms with Gasteiger partial charge in [-0.3, -0.25) is 4.90 Å². The van der Waals surface area contributed by atoms with Gasteiger partial charge in [0.05, 0.1) is 6.61 Å². The lowest BCUT2D eigenvalue weighted by Crippen LogP contribution is -2.33. The van der Waals surface area contributed by atoms with Crippen LogP contribution in [0.5, 0.6) is 0 Å². The number of aryl methyl sites for hydroxylation is 2. The van der Waals surface area contributed by atoms with E-state index in [1.807, 2.05) is 6.07 Å². The zero-order chi connectivity index (χ0) is 19.6. The zero-order valence-electron chi connectivity index (χ0n) is 17.1. The van der Waals surface area contributed by atoms with Crippen molar-refractivity contribution in [1.82, 2.24) is 9.88 Å². The van der Waals surface area contributed by atoms with Crippen LogP contribution in [-0.2, 0) is 19.4 Å². The van der Waals surface area contributed by atoms with E-state index < -0.39 is 0 Å². The number of hydrogen-bond donors (Lipinski definition) is 2. The first-order valence-electron chi connectivity index (χ1n) is 11.0. The molecule has 0 amide bonds. The molecule has 150 valence electrons. The molecule has 0 bridgehead atoms. The van der Waals surface area contributed by atoms with Crippen molar-refractivity contribution in [2.24, 2.45) is 0 Å². The summed E-state index contributed by atoms with van der Waals surface area (Å²) in [6, 6.07) is 15.2. The summed E-state index contributed by atoms with van der Waals surface area (Å²) < 4.78 is 0. The van der Waals surface area contributed by atoms with Gasteiger partial charge in [0.15, 0.2) is 0 Å². The van der Waals surface area contributed by atoms with Crippen LogP contribution in [0.1, 0.15) is 47.9 Å². The maximum Gasteiger partial charge on any atom is 0.0682 e. The van der Waals surface area contributed by atoms with Gasteiger partial charge in [-0.1, -0.05) is 42.0 Å². The Hall–Kier alpha value is -2.36. The fraction of sp³-hybridized carbons (Fsp3) is 0.385. The minimum Gasteiger partial charge on any atom is -0.392 e. The molecule has 29 heavy (non-hydrogen) atoms. The highest BCUT2D eigenvalue weighted by Gasteiger charge is 2.24. The van der Waals surface area contributed by atoms with E-state index in [1.165, 1.54) is 68.3 Å². The van der Waals surface area contributed by atoms with Gasteiger partial charge in [-0.05, 0) is 79.0 Å². The predicted octanol–water partition coefficient (Wildman–Crippen LogP) is 5.09. The van der Waals surface area contributed by atoms with Crippen LogP contribution in [0.3, 0.4) is 0 Å². The zero-order valence-corrected chi connectivity index (χ0v) is 17.1. The predicted molar refractivity (Wildman–Crippen MR) is 120 cm³/mol. The van der Waals surface area contributed by atoms with Gasteiger partial charge in [-0.15, -0.1) is 0 Å². The number of aromatic nitrogens is 1. The van der Waals surface area contributed by atoms with Crippen LogP contribution in [0.2, 0.25) is 0 Å². The Balaban J connectivity index is 1.15. The number of fused-ring (bicyclic) bond motifs is 3. The molecule has 0 spiro atoms. The number of H-pyrrole nitrogens is 1. The number of aliphatic hydroxyl groups is 1. The van der Waals surface area contributed by atoms with E-state index in [2.05, 4.69) is 52.5 Å². The summed E-state index contributed by atoms with van der Waals surface area (Å²) in [7, 11) is 0. The van der Waals surface area contributed by atoms with E-state index in [0.29, 0.717) is 0 Å². The third-order valence-electron chi connectivity index (χ3n) is 6.74. The summed E-state index contributed by atoms with van der Waals surface area (Å²) in [5.41, 5.74) is 9.91. The second kappa shape index (κ2) is 8.17. The van der Waals surface area contributed by atoms with Crippen LogP contribution >= 0.6 is 0 Å². The quantitative estimate of drug-likeness (QED) is 0.579. The van der Waals surface area contributed by atoms with Crippen molar-refractivity contribution in [2.75, 3.05) is 19.6 Å². The Labute approximate surface area is 173 Å². The molecule has 0 saturated carbocycles. The molecule has 1 aliphatic heterocycles. The lowest BCUT2D eigenvalue weighted by molar-refractivity contribution is 0.282. The maximum atomic E-state index is 9.30. The van der Waals surface area contributed by atoms with Gasteiger partial charge >= 0.3 is 0 Å². The fourth-order valence-corrected chi connectivity index (χ4v) is 5.14. The van der Waals surface area contributed by atoms with E-state index >= 15 is 0 Å². The number of rotatable bonds is 6. The highest BCUT2D eigenvalue weighted by Crippen LogP contribution is 2.36. The topological polar surface area (TPSA) is 39.3 Å². The largest absolute Gasteiger partial charge is 0.392 e. The van der Waals surface area contributed by atoms with Crippen molar-refractivity contribution in [3.8, 4) is 0 Å². The Kier molecular flexibility index (Phi) is 5.26. The number of aromatic amines is 1. The molecule has 3 heteroatoms. The average molecular weight is 387 g/mol. The Morgan fingerprint density at radius 3 is 2.86 bits per heavy atom. The van der Waals surface area contributed by atoms with Gasteiger partial charge in [0, 0.05) is 30.2 Å². The maximum absolute atomic E-state index is 9.30. The van der Waals surface area contributed by atoms with Crippen molar-refractivity contribution in [2.45, 2.75) is 45.1 Å².